The van der Waals surface area contributed by atoms with Crippen LogP contribution in [0.5, 0.6) is 0 Å². The number of hydrogen-bond donors (Lipinski definition) is 1. The number of para-hydroxylation sites is 2. The highest BCUT2D eigenvalue weighted by atomic mass is 35.6. The zero-order valence-corrected chi connectivity index (χ0v) is 17.6. The Hall–Kier alpha value is -3.25. The van der Waals surface area contributed by atoms with Gasteiger partial charge in [-0.2, -0.15) is 5.26 Å². The largest absolute Gasteiger partial charge is 0.440 e. The molecule has 8 nitrogen and oxygen atoms in total. The van der Waals surface area contributed by atoms with E-state index in [1.165, 1.54) is 24.3 Å². The number of halogens is 3. The van der Waals surface area contributed by atoms with E-state index in [1.54, 1.807) is 24.3 Å². The van der Waals surface area contributed by atoms with Crippen molar-refractivity contribution in [3.05, 3.63) is 87.3 Å². The minimum atomic E-state index is -2.07. The Morgan fingerprint density at radius 2 is 1.84 bits per heavy atom. The number of nitrogens with zero attached hydrogens (tertiary/aromatic N) is 3. The van der Waals surface area contributed by atoms with Gasteiger partial charge in [-0.05, 0) is 17.7 Å². The molecule has 0 fully saturated rings. The molecule has 11 heteroatoms. The van der Waals surface area contributed by atoms with E-state index in [1.807, 2.05) is 6.07 Å². The first-order valence-corrected chi connectivity index (χ1v) is 9.83. The molecule has 0 radical (unpaired) electrons. The summed E-state index contributed by atoms with van der Waals surface area (Å²) in [5.41, 5.74) is 7.51. The van der Waals surface area contributed by atoms with E-state index in [-0.39, 0.29) is 34.4 Å². The van der Waals surface area contributed by atoms with Crippen LogP contribution in [0.15, 0.2) is 70.2 Å². The lowest BCUT2D eigenvalue weighted by Gasteiger charge is -2.30. The molecule has 3 aromatic rings. The molecule has 1 aliphatic heterocycles. The van der Waals surface area contributed by atoms with Gasteiger partial charge in [0.25, 0.3) is 5.69 Å². The highest BCUT2D eigenvalue weighted by molar-refractivity contribution is 6.69. The van der Waals surface area contributed by atoms with Crippen LogP contribution in [0.3, 0.4) is 0 Å². The van der Waals surface area contributed by atoms with Crippen molar-refractivity contribution in [2.24, 2.45) is 5.73 Å². The third-order valence-electron chi connectivity index (χ3n) is 4.64. The van der Waals surface area contributed by atoms with Gasteiger partial charge in [-0.1, -0.05) is 59.1 Å². The number of benzene rings is 2. The second-order valence-electron chi connectivity index (χ2n) is 6.50. The number of fused-ring (bicyclic) bond motifs is 1. The average molecular weight is 478 g/mol. The van der Waals surface area contributed by atoms with Crippen LogP contribution in [-0.4, -0.2) is 13.7 Å². The Morgan fingerprint density at radius 1 is 1.16 bits per heavy atom. The third-order valence-corrected chi connectivity index (χ3v) is 5.15. The van der Waals surface area contributed by atoms with E-state index in [2.05, 4.69) is 4.98 Å². The SMILES string of the molecule is N#CC1=C(N)OC(C(Cl)(Cl)Cl)=C(c2nc3ccccc3o2)[C@H]1c1ccc([N+](=O)[O-])cc1. The van der Waals surface area contributed by atoms with Crippen LogP contribution < -0.4 is 5.73 Å². The Balaban J connectivity index is 2.00. The molecule has 1 aliphatic rings. The van der Waals surface area contributed by atoms with Crippen LogP contribution in [-0.2, 0) is 4.74 Å². The van der Waals surface area contributed by atoms with Crippen molar-refractivity contribution >= 4 is 57.2 Å². The number of oxazole rings is 1. The van der Waals surface area contributed by atoms with Gasteiger partial charge in [0.2, 0.25) is 15.6 Å². The molecule has 0 saturated heterocycles. The second kappa shape index (κ2) is 7.78. The van der Waals surface area contributed by atoms with Crippen LogP contribution in [0.4, 0.5) is 5.69 Å². The van der Waals surface area contributed by atoms with Gasteiger partial charge in [0.05, 0.1) is 16.4 Å². The molecule has 2 heterocycles. The molecule has 0 saturated carbocycles. The van der Waals surface area contributed by atoms with Gasteiger partial charge < -0.3 is 14.9 Å². The van der Waals surface area contributed by atoms with Crippen LogP contribution in [0.25, 0.3) is 16.7 Å². The number of nitro benzene ring substituents is 1. The van der Waals surface area contributed by atoms with Crippen LogP contribution >= 0.6 is 34.8 Å². The van der Waals surface area contributed by atoms with Crippen molar-refractivity contribution < 1.29 is 14.1 Å². The van der Waals surface area contributed by atoms with Crippen LogP contribution in [0, 0.1) is 21.4 Å². The molecule has 0 amide bonds. The van der Waals surface area contributed by atoms with Crippen LogP contribution in [0.1, 0.15) is 17.4 Å². The number of non-ortho nitro benzene ring substituents is 1. The fourth-order valence-corrected chi connectivity index (χ4v) is 3.72. The number of nitrogens with two attached hydrogens (primary N) is 1. The molecule has 0 spiro atoms. The van der Waals surface area contributed by atoms with Gasteiger partial charge in [-0.3, -0.25) is 10.1 Å². The predicted octanol–water partition coefficient (Wildman–Crippen LogP) is 5.33. The monoisotopic (exact) mass is 476 g/mol. The number of nitriles is 1. The number of aromatic nitrogens is 1. The first-order chi connectivity index (χ1) is 14.7. The summed E-state index contributed by atoms with van der Waals surface area (Å²) in [5, 5.41) is 20.8. The minimum Gasteiger partial charge on any atom is -0.440 e. The average Bonchev–Trinajstić information content (AvgIpc) is 3.16. The van der Waals surface area contributed by atoms with E-state index >= 15 is 0 Å². The number of nitro groups is 1. The lowest BCUT2D eigenvalue weighted by molar-refractivity contribution is -0.384. The highest BCUT2D eigenvalue weighted by Gasteiger charge is 2.43. The Bertz CT molecular complexity index is 1270. The van der Waals surface area contributed by atoms with Gasteiger partial charge in [0, 0.05) is 12.1 Å². The Kier molecular flexibility index (Phi) is 5.27. The van der Waals surface area contributed by atoms with Crippen molar-refractivity contribution in [1.29, 1.82) is 5.26 Å². The summed E-state index contributed by atoms with van der Waals surface area (Å²) in [5.74, 6) is -1.28. The van der Waals surface area contributed by atoms with Crippen LogP contribution in [0.2, 0.25) is 0 Å². The summed E-state index contributed by atoms with van der Waals surface area (Å²) in [6.07, 6.45) is 0. The smallest absolute Gasteiger partial charge is 0.269 e. The van der Waals surface area contributed by atoms with Gasteiger partial charge in [-0.25, -0.2) is 4.98 Å². The number of alkyl halides is 3. The lowest BCUT2D eigenvalue weighted by Crippen LogP contribution is -2.26. The molecule has 2 N–H and O–H groups in total. The zero-order chi connectivity index (χ0) is 22.3. The van der Waals surface area contributed by atoms with E-state index in [9.17, 15) is 15.4 Å². The van der Waals surface area contributed by atoms with E-state index < -0.39 is 14.6 Å². The zero-order valence-electron chi connectivity index (χ0n) is 15.4. The molecular formula is C20H11Cl3N4O4. The number of hydrogen-bond acceptors (Lipinski definition) is 7. The first-order valence-electron chi connectivity index (χ1n) is 8.70. The third kappa shape index (κ3) is 3.79. The topological polar surface area (TPSA) is 128 Å². The van der Waals surface area contributed by atoms with Gasteiger partial charge in [-0.15, -0.1) is 0 Å². The highest BCUT2D eigenvalue weighted by Crippen LogP contribution is 2.51. The fraction of sp³-hybridized carbons (Fsp3) is 0.100. The molecular weight excluding hydrogens is 467 g/mol. The molecule has 31 heavy (non-hydrogen) atoms. The molecule has 0 unspecified atom stereocenters. The van der Waals surface area contributed by atoms with Crippen molar-refractivity contribution in [2.75, 3.05) is 0 Å². The van der Waals surface area contributed by atoms with Gasteiger partial charge in [0.15, 0.2) is 11.3 Å². The number of ether oxygens (including phenoxy) is 1. The van der Waals surface area contributed by atoms with Crippen molar-refractivity contribution in [3.63, 3.8) is 0 Å². The number of allylic oxidation sites excluding steroid dienone is 3. The maximum atomic E-state index is 11.0. The van der Waals surface area contributed by atoms with Gasteiger partial charge in [0.1, 0.15) is 17.2 Å². The van der Waals surface area contributed by atoms with Gasteiger partial charge >= 0.3 is 0 Å². The molecule has 1 aromatic heterocycles. The normalized spacial score (nSPS) is 16.9. The number of rotatable bonds is 3. The molecule has 0 aliphatic carbocycles. The molecule has 156 valence electrons. The Morgan fingerprint density at radius 3 is 2.42 bits per heavy atom. The summed E-state index contributed by atoms with van der Waals surface area (Å²) in [6, 6.07) is 14.6. The Labute approximate surface area is 190 Å². The van der Waals surface area contributed by atoms with E-state index in [0.717, 1.165) is 0 Å². The lowest BCUT2D eigenvalue weighted by atomic mass is 9.83. The summed E-state index contributed by atoms with van der Waals surface area (Å²) < 4.78 is 9.34. The van der Waals surface area contributed by atoms with Crippen molar-refractivity contribution in [1.82, 2.24) is 4.98 Å². The first kappa shape index (κ1) is 21.0. The summed E-state index contributed by atoms with van der Waals surface area (Å²) in [6.45, 7) is 0. The maximum Gasteiger partial charge on any atom is 0.269 e. The van der Waals surface area contributed by atoms with Crippen molar-refractivity contribution in [2.45, 2.75) is 9.71 Å². The molecule has 2 aromatic carbocycles. The fourth-order valence-electron chi connectivity index (χ4n) is 3.30. The predicted molar refractivity (Wildman–Crippen MR) is 115 cm³/mol. The minimum absolute atomic E-state index is 0.0177. The molecule has 4 rings (SSSR count). The van der Waals surface area contributed by atoms with Crippen molar-refractivity contribution in [3.8, 4) is 6.07 Å². The summed E-state index contributed by atoms with van der Waals surface area (Å²) >= 11 is 18.5. The molecule has 1 atom stereocenters. The molecule has 0 bridgehead atoms. The quantitative estimate of drug-likeness (QED) is 0.307. The standard InChI is InChI=1S/C20H11Cl3N4O4/c21-20(22,23)17-16(19-26-13-3-1-2-4-14(13)30-19)15(12(9-24)18(25)31-17)10-5-7-11(8-6-10)27(28)29/h1-8,15H,25H2/t15-/m0/s1. The second-order valence-corrected chi connectivity index (χ2v) is 8.78. The van der Waals surface area contributed by atoms with E-state index in [0.29, 0.717) is 16.7 Å². The van der Waals surface area contributed by atoms with E-state index in [4.69, 9.17) is 49.7 Å². The summed E-state index contributed by atoms with van der Waals surface area (Å²) in [7, 11) is 0. The summed E-state index contributed by atoms with van der Waals surface area (Å²) in [4.78, 5) is 15.0. The maximum absolute atomic E-state index is 11.0.